The third-order valence-electron chi connectivity index (χ3n) is 4.38. The molecule has 1 aliphatic carbocycles. The van der Waals surface area contributed by atoms with Crippen LogP contribution in [0.3, 0.4) is 0 Å². The van der Waals surface area contributed by atoms with Gasteiger partial charge in [0.2, 0.25) is 0 Å². The fourth-order valence-corrected chi connectivity index (χ4v) is 2.92. The highest BCUT2D eigenvalue weighted by molar-refractivity contribution is 5.87. The Kier molecular flexibility index (Phi) is 4.89. The third kappa shape index (κ3) is 3.74. The van der Waals surface area contributed by atoms with Gasteiger partial charge in [0.05, 0.1) is 19.8 Å². The molecule has 1 saturated heterocycles. The highest BCUT2D eigenvalue weighted by Gasteiger charge is 2.40. The van der Waals surface area contributed by atoms with Gasteiger partial charge in [-0.2, -0.15) is 0 Å². The Balaban J connectivity index is 2.02. The van der Waals surface area contributed by atoms with Gasteiger partial charge in [0.15, 0.2) is 5.79 Å². The molecular formula is C17H26O4. The standard InChI is InChI=1S/C17H26O4/c1-5-19-15(18)13(2)6-8-16(3)9-7-14(12-16)17(4)20-10-11-21-17/h6,12H,5,7-11H2,1-4H3/b13-6-/t16-/m1/s1. The van der Waals surface area contributed by atoms with Crippen molar-refractivity contribution in [2.24, 2.45) is 5.41 Å². The fourth-order valence-electron chi connectivity index (χ4n) is 2.92. The smallest absolute Gasteiger partial charge is 0.333 e. The topological polar surface area (TPSA) is 44.8 Å². The fraction of sp³-hybridized carbons (Fsp3) is 0.706. The van der Waals surface area contributed by atoms with Crippen LogP contribution in [0.2, 0.25) is 0 Å². The van der Waals surface area contributed by atoms with Crippen LogP contribution in [0.1, 0.15) is 47.0 Å². The van der Waals surface area contributed by atoms with E-state index in [2.05, 4.69) is 13.0 Å². The van der Waals surface area contributed by atoms with Crippen LogP contribution in [0.15, 0.2) is 23.3 Å². The lowest BCUT2D eigenvalue weighted by molar-refractivity contribution is -0.138. The molecule has 1 fully saturated rings. The summed E-state index contributed by atoms with van der Waals surface area (Å²) in [7, 11) is 0. The summed E-state index contributed by atoms with van der Waals surface area (Å²) in [4.78, 5) is 11.6. The number of allylic oxidation sites excluding steroid dienone is 2. The highest BCUT2D eigenvalue weighted by Crippen LogP contribution is 2.45. The SMILES string of the molecule is CCOC(=O)/C(C)=C\C[C@@]1(C)C=C(C2(C)OCCO2)CC1. The maximum atomic E-state index is 11.6. The molecule has 1 atom stereocenters. The van der Waals surface area contributed by atoms with Crippen molar-refractivity contribution in [2.75, 3.05) is 19.8 Å². The first kappa shape index (κ1) is 16.2. The molecule has 2 aliphatic rings. The molecule has 2 rings (SSSR count). The van der Waals surface area contributed by atoms with Crippen LogP contribution in [0.25, 0.3) is 0 Å². The first-order valence-electron chi connectivity index (χ1n) is 7.72. The van der Waals surface area contributed by atoms with E-state index >= 15 is 0 Å². The number of hydrogen-bond acceptors (Lipinski definition) is 4. The zero-order valence-corrected chi connectivity index (χ0v) is 13.5. The van der Waals surface area contributed by atoms with E-state index in [9.17, 15) is 4.79 Å². The Labute approximate surface area is 127 Å². The monoisotopic (exact) mass is 294 g/mol. The van der Waals surface area contributed by atoms with Crippen LogP contribution in [0.5, 0.6) is 0 Å². The summed E-state index contributed by atoms with van der Waals surface area (Å²) < 4.78 is 16.5. The molecule has 4 nitrogen and oxygen atoms in total. The summed E-state index contributed by atoms with van der Waals surface area (Å²) in [6, 6.07) is 0. The van der Waals surface area contributed by atoms with Crippen molar-refractivity contribution in [3.63, 3.8) is 0 Å². The first-order valence-corrected chi connectivity index (χ1v) is 7.72. The van der Waals surface area contributed by atoms with Gasteiger partial charge in [-0.15, -0.1) is 0 Å². The molecule has 0 N–H and O–H groups in total. The molecule has 0 aromatic rings. The quantitative estimate of drug-likeness (QED) is 0.443. The zero-order valence-electron chi connectivity index (χ0n) is 13.5. The maximum absolute atomic E-state index is 11.6. The molecule has 0 amide bonds. The normalized spacial score (nSPS) is 28.6. The van der Waals surface area contributed by atoms with Gasteiger partial charge in [-0.1, -0.05) is 19.1 Å². The lowest BCUT2D eigenvalue weighted by atomic mass is 9.86. The number of ether oxygens (including phenoxy) is 3. The van der Waals surface area contributed by atoms with Gasteiger partial charge in [-0.25, -0.2) is 4.79 Å². The molecule has 0 bridgehead atoms. The molecule has 0 radical (unpaired) electrons. The van der Waals surface area contributed by atoms with Gasteiger partial charge < -0.3 is 14.2 Å². The Morgan fingerprint density at radius 3 is 2.67 bits per heavy atom. The van der Waals surface area contributed by atoms with Gasteiger partial charge in [0.1, 0.15) is 0 Å². The summed E-state index contributed by atoms with van der Waals surface area (Å²) in [6.07, 6.45) is 7.12. The van der Waals surface area contributed by atoms with Crippen molar-refractivity contribution in [1.82, 2.24) is 0 Å². The minimum atomic E-state index is -0.544. The van der Waals surface area contributed by atoms with Crippen molar-refractivity contribution in [3.8, 4) is 0 Å². The largest absolute Gasteiger partial charge is 0.463 e. The highest BCUT2D eigenvalue weighted by atomic mass is 16.7. The van der Waals surface area contributed by atoms with E-state index in [1.54, 1.807) is 0 Å². The molecule has 0 unspecified atom stereocenters. The second-order valence-corrected chi connectivity index (χ2v) is 6.28. The van der Waals surface area contributed by atoms with Gasteiger partial charge in [-0.3, -0.25) is 0 Å². The van der Waals surface area contributed by atoms with E-state index in [1.165, 1.54) is 5.57 Å². The van der Waals surface area contributed by atoms with E-state index in [0.29, 0.717) is 25.4 Å². The molecule has 0 spiro atoms. The van der Waals surface area contributed by atoms with Crippen molar-refractivity contribution in [2.45, 2.75) is 52.7 Å². The molecule has 0 saturated carbocycles. The van der Waals surface area contributed by atoms with E-state index in [-0.39, 0.29) is 11.4 Å². The molecule has 1 heterocycles. The molecule has 21 heavy (non-hydrogen) atoms. The lowest BCUT2D eigenvalue weighted by Gasteiger charge is -2.24. The molecule has 0 aromatic carbocycles. The minimum absolute atomic E-state index is 0.0570. The molecule has 4 heteroatoms. The van der Waals surface area contributed by atoms with Crippen LogP contribution in [-0.2, 0) is 19.0 Å². The number of hydrogen-bond donors (Lipinski definition) is 0. The van der Waals surface area contributed by atoms with E-state index in [1.807, 2.05) is 26.8 Å². The Morgan fingerprint density at radius 2 is 2.05 bits per heavy atom. The predicted molar refractivity (Wildman–Crippen MR) is 80.7 cm³/mol. The number of carbonyl (C=O) groups excluding carboxylic acids is 1. The first-order chi connectivity index (χ1) is 9.88. The summed E-state index contributed by atoms with van der Waals surface area (Å²) in [5.74, 6) is -0.768. The average molecular weight is 294 g/mol. The van der Waals surface area contributed by atoms with Gasteiger partial charge in [0, 0.05) is 5.57 Å². The van der Waals surface area contributed by atoms with Crippen LogP contribution in [0, 0.1) is 5.41 Å². The van der Waals surface area contributed by atoms with Gasteiger partial charge >= 0.3 is 5.97 Å². The predicted octanol–water partition coefficient (Wildman–Crippen LogP) is 3.38. The number of esters is 1. The molecule has 0 aromatic heterocycles. The van der Waals surface area contributed by atoms with E-state index in [4.69, 9.17) is 14.2 Å². The van der Waals surface area contributed by atoms with Gasteiger partial charge in [0.25, 0.3) is 0 Å². The minimum Gasteiger partial charge on any atom is -0.463 e. The summed E-state index contributed by atoms with van der Waals surface area (Å²) >= 11 is 0. The average Bonchev–Trinajstić information content (AvgIpc) is 3.05. The van der Waals surface area contributed by atoms with E-state index < -0.39 is 5.79 Å². The van der Waals surface area contributed by atoms with Crippen molar-refractivity contribution >= 4 is 5.97 Å². The summed E-state index contributed by atoms with van der Waals surface area (Å²) in [6.45, 7) is 9.58. The Morgan fingerprint density at radius 1 is 1.38 bits per heavy atom. The number of rotatable bonds is 5. The molecule has 1 aliphatic heterocycles. The van der Waals surface area contributed by atoms with Crippen LogP contribution in [-0.4, -0.2) is 31.6 Å². The Bertz CT molecular complexity index is 457. The third-order valence-corrected chi connectivity index (χ3v) is 4.38. The van der Waals surface area contributed by atoms with E-state index in [0.717, 1.165) is 19.3 Å². The summed E-state index contributed by atoms with van der Waals surface area (Å²) in [5, 5.41) is 0. The maximum Gasteiger partial charge on any atom is 0.333 e. The second-order valence-electron chi connectivity index (χ2n) is 6.28. The molecule has 118 valence electrons. The second kappa shape index (κ2) is 6.32. The number of carbonyl (C=O) groups is 1. The summed E-state index contributed by atoms with van der Waals surface area (Å²) in [5.41, 5.74) is 1.96. The van der Waals surface area contributed by atoms with Crippen LogP contribution in [0.4, 0.5) is 0 Å². The van der Waals surface area contributed by atoms with Crippen LogP contribution >= 0.6 is 0 Å². The van der Waals surface area contributed by atoms with Crippen molar-refractivity contribution in [1.29, 1.82) is 0 Å². The van der Waals surface area contributed by atoms with Crippen LogP contribution < -0.4 is 0 Å². The van der Waals surface area contributed by atoms with Crippen molar-refractivity contribution in [3.05, 3.63) is 23.3 Å². The molecular weight excluding hydrogens is 268 g/mol. The van der Waals surface area contributed by atoms with Gasteiger partial charge in [-0.05, 0) is 51.0 Å². The zero-order chi connectivity index (χ0) is 15.5. The van der Waals surface area contributed by atoms with Crippen molar-refractivity contribution < 1.29 is 19.0 Å². The lowest BCUT2D eigenvalue weighted by Crippen LogP contribution is -2.27. The Hall–Kier alpha value is -1.13.